The lowest BCUT2D eigenvalue weighted by atomic mass is 9.78. The van der Waals surface area contributed by atoms with E-state index in [2.05, 4.69) is 6.07 Å². The predicted octanol–water partition coefficient (Wildman–Crippen LogP) is 2.62. The number of methoxy groups -OCH3 is 1. The lowest BCUT2D eigenvalue weighted by Crippen LogP contribution is -2.48. The Balaban J connectivity index is 2.34. The van der Waals surface area contributed by atoms with Crippen LogP contribution in [0, 0.1) is 16.7 Å². The summed E-state index contributed by atoms with van der Waals surface area (Å²) < 4.78 is 10.3. The summed E-state index contributed by atoms with van der Waals surface area (Å²) in [6.07, 6.45) is 3.63. The van der Waals surface area contributed by atoms with Crippen molar-refractivity contribution in [1.29, 1.82) is 5.26 Å². The Kier molecular flexibility index (Phi) is 4.37. The van der Waals surface area contributed by atoms with Crippen molar-refractivity contribution in [2.75, 3.05) is 7.11 Å². The number of carbonyl (C=O) groups is 2. The highest BCUT2D eigenvalue weighted by molar-refractivity contribution is 5.83. The van der Waals surface area contributed by atoms with E-state index in [1.54, 1.807) is 20.8 Å². The van der Waals surface area contributed by atoms with Crippen molar-refractivity contribution < 1.29 is 19.1 Å². The van der Waals surface area contributed by atoms with E-state index in [4.69, 9.17) is 9.47 Å². The van der Waals surface area contributed by atoms with E-state index in [1.807, 2.05) is 0 Å². The number of ether oxygens (including phenoxy) is 2. The minimum atomic E-state index is -0.734. The van der Waals surface area contributed by atoms with Crippen LogP contribution < -0.4 is 0 Å². The van der Waals surface area contributed by atoms with Gasteiger partial charge in [0.15, 0.2) is 0 Å². The molecule has 1 aliphatic heterocycles. The van der Waals surface area contributed by atoms with Crippen LogP contribution in [0.4, 0.5) is 4.79 Å². The van der Waals surface area contributed by atoms with Crippen molar-refractivity contribution in [3.05, 3.63) is 0 Å². The van der Waals surface area contributed by atoms with Gasteiger partial charge in [0.2, 0.25) is 0 Å². The Hall–Kier alpha value is -1.77. The Morgan fingerprint density at radius 3 is 2.32 bits per heavy atom. The molecule has 0 aromatic heterocycles. The Morgan fingerprint density at radius 1 is 1.27 bits per heavy atom. The van der Waals surface area contributed by atoms with Gasteiger partial charge in [-0.05, 0) is 40.0 Å². The largest absolute Gasteiger partial charge is 0.467 e. The van der Waals surface area contributed by atoms with Gasteiger partial charge in [-0.2, -0.15) is 5.26 Å². The normalized spacial score (nSPS) is 26.8. The van der Waals surface area contributed by atoms with Crippen LogP contribution in [0.3, 0.4) is 0 Å². The van der Waals surface area contributed by atoms with E-state index in [0.29, 0.717) is 6.42 Å². The van der Waals surface area contributed by atoms with Crippen LogP contribution in [0.5, 0.6) is 0 Å². The molecule has 0 radical (unpaired) electrons. The minimum absolute atomic E-state index is 0.301. The van der Waals surface area contributed by atoms with Crippen molar-refractivity contribution in [3.63, 3.8) is 0 Å². The molecule has 1 unspecified atom stereocenters. The molecule has 1 saturated carbocycles. The maximum Gasteiger partial charge on any atom is 0.412 e. The summed E-state index contributed by atoms with van der Waals surface area (Å²) in [6.45, 7) is 5.29. The first-order valence-electron chi connectivity index (χ1n) is 7.73. The third kappa shape index (κ3) is 2.90. The molecule has 2 atom stereocenters. The predicted molar refractivity (Wildman–Crippen MR) is 78.8 cm³/mol. The quantitative estimate of drug-likeness (QED) is 0.696. The number of hydrogen-bond donors (Lipinski definition) is 0. The molecule has 22 heavy (non-hydrogen) atoms. The van der Waals surface area contributed by atoms with E-state index in [1.165, 1.54) is 12.0 Å². The van der Waals surface area contributed by atoms with Crippen molar-refractivity contribution in [3.8, 4) is 6.07 Å². The average Bonchev–Trinajstić information content (AvgIpc) is 3.01. The topological polar surface area (TPSA) is 79.6 Å². The molecule has 0 N–H and O–H groups in total. The fraction of sp³-hybridized carbons (Fsp3) is 0.812. The van der Waals surface area contributed by atoms with Gasteiger partial charge >= 0.3 is 12.1 Å². The number of likely N-dealkylation sites (tertiary alicyclic amines) is 1. The molecule has 0 bridgehead atoms. The second-order valence-electron chi connectivity index (χ2n) is 7.23. The van der Waals surface area contributed by atoms with E-state index in [0.717, 1.165) is 25.7 Å². The molecule has 0 aromatic rings. The zero-order chi connectivity index (χ0) is 16.5. The van der Waals surface area contributed by atoms with Crippen LogP contribution in [-0.2, 0) is 14.3 Å². The summed E-state index contributed by atoms with van der Waals surface area (Å²) in [4.78, 5) is 26.0. The average molecular weight is 308 g/mol. The standard InChI is InChI=1S/C16H24N2O4/c1-15(2,3)22-14(20)18-11(13(19)21-4)9-16(12(18)10-17)7-5-6-8-16/h11-12H,5-9H2,1-4H3/t11-,12?/m0/s1. The molecule has 6 heteroatoms. The van der Waals surface area contributed by atoms with Crippen LogP contribution in [0.15, 0.2) is 0 Å². The fourth-order valence-corrected chi connectivity index (χ4v) is 3.71. The molecule has 2 aliphatic rings. The van der Waals surface area contributed by atoms with Gasteiger partial charge in [-0.15, -0.1) is 0 Å². The molecule has 1 heterocycles. The SMILES string of the molecule is COC(=O)[C@@H]1CC2(CCCC2)C(C#N)N1C(=O)OC(C)(C)C. The summed E-state index contributed by atoms with van der Waals surface area (Å²) in [5.74, 6) is -0.477. The molecule has 1 saturated heterocycles. The van der Waals surface area contributed by atoms with Crippen molar-refractivity contribution in [1.82, 2.24) is 4.90 Å². The molecule has 122 valence electrons. The van der Waals surface area contributed by atoms with Gasteiger partial charge in [-0.25, -0.2) is 9.59 Å². The zero-order valence-corrected chi connectivity index (χ0v) is 13.7. The highest BCUT2D eigenvalue weighted by atomic mass is 16.6. The second kappa shape index (κ2) is 5.79. The molecular formula is C16H24N2O4. The minimum Gasteiger partial charge on any atom is -0.467 e. The number of nitrogens with zero attached hydrogens (tertiary/aromatic N) is 2. The number of amides is 1. The van der Waals surface area contributed by atoms with Gasteiger partial charge < -0.3 is 9.47 Å². The molecule has 1 amide bonds. The van der Waals surface area contributed by atoms with Gasteiger partial charge in [0.05, 0.1) is 13.2 Å². The number of esters is 1. The lowest BCUT2D eigenvalue weighted by Gasteiger charge is -2.32. The summed E-state index contributed by atoms with van der Waals surface area (Å²) in [6, 6.07) is 0.875. The molecule has 6 nitrogen and oxygen atoms in total. The zero-order valence-electron chi connectivity index (χ0n) is 13.7. The number of nitriles is 1. The maximum absolute atomic E-state index is 12.5. The second-order valence-corrected chi connectivity index (χ2v) is 7.23. The van der Waals surface area contributed by atoms with Crippen LogP contribution in [0.2, 0.25) is 0 Å². The Bertz CT molecular complexity index is 497. The van der Waals surface area contributed by atoms with Gasteiger partial charge in [0, 0.05) is 5.41 Å². The van der Waals surface area contributed by atoms with Crippen molar-refractivity contribution >= 4 is 12.1 Å². The van der Waals surface area contributed by atoms with Gasteiger partial charge in [-0.1, -0.05) is 12.8 Å². The lowest BCUT2D eigenvalue weighted by molar-refractivity contribution is -0.146. The van der Waals surface area contributed by atoms with E-state index < -0.39 is 29.7 Å². The van der Waals surface area contributed by atoms with Gasteiger partial charge in [0.25, 0.3) is 0 Å². The van der Waals surface area contributed by atoms with Crippen molar-refractivity contribution in [2.45, 2.75) is 70.6 Å². The molecule has 2 rings (SSSR count). The number of carbonyl (C=O) groups excluding carboxylic acids is 2. The van der Waals surface area contributed by atoms with Crippen molar-refractivity contribution in [2.24, 2.45) is 5.41 Å². The summed E-state index contributed by atoms with van der Waals surface area (Å²) in [5.41, 5.74) is -0.978. The monoisotopic (exact) mass is 308 g/mol. The van der Waals surface area contributed by atoms with E-state index in [-0.39, 0.29) is 5.41 Å². The first kappa shape index (κ1) is 16.6. The summed E-state index contributed by atoms with van der Waals surface area (Å²) in [5, 5.41) is 9.63. The fourth-order valence-electron chi connectivity index (χ4n) is 3.71. The molecule has 1 spiro atoms. The molecule has 0 aromatic carbocycles. The van der Waals surface area contributed by atoms with Crippen LogP contribution in [-0.4, -0.2) is 41.8 Å². The highest BCUT2D eigenvalue weighted by Crippen LogP contribution is 2.52. The first-order chi connectivity index (χ1) is 10.2. The molecule has 2 fully saturated rings. The third-order valence-corrected chi connectivity index (χ3v) is 4.59. The van der Waals surface area contributed by atoms with E-state index in [9.17, 15) is 14.9 Å². The Morgan fingerprint density at radius 2 is 1.86 bits per heavy atom. The molecular weight excluding hydrogens is 284 g/mol. The molecule has 1 aliphatic carbocycles. The van der Waals surface area contributed by atoms with Crippen LogP contribution in [0.25, 0.3) is 0 Å². The van der Waals surface area contributed by atoms with E-state index >= 15 is 0 Å². The van der Waals surface area contributed by atoms with Crippen LogP contribution in [0.1, 0.15) is 52.9 Å². The maximum atomic E-state index is 12.5. The Labute approximate surface area is 131 Å². The van der Waals surface area contributed by atoms with Gasteiger partial charge in [0.1, 0.15) is 17.7 Å². The van der Waals surface area contributed by atoms with Gasteiger partial charge in [-0.3, -0.25) is 4.90 Å². The number of hydrogen-bond acceptors (Lipinski definition) is 5. The third-order valence-electron chi connectivity index (χ3n) is 4.59. The number of rotatable bonds is 1. The smallest absolute Gasteiger partial charge is 0.412 e. The first-order valence-corrected chi connectivity index (χ1v) is 7.73. The van der Waals surface area contributed by atoms with Crippen LogP contribution >= 0.6 is 0 Å². The summed E-state index contributed by atoms with van der Waals surface area (Å²) >= 11 is 0. The summed E-state index contributed by atoms with van der Waals surface area (Å²) in [7, 11) is 1.30. The highest BCUT2D eigenvalue weighted by Gasteiger charge is 2.58.